The summed E-state index contributed by atoms with van der Waals surface area (Å²) in [4.78, 5) is 12.7. The molecule has 0 radical (unpaired) electrons. The predicted molar refractivity (Wildman–Crippen MR) is 49.1 cm³/mol. The van der Waals surface area contributed by atoms with Gasteiger partial charge in [-0.25, -0.2) is 0 Å². The molecule has 0 aromatic carbocycles. The van der Waals surface area contributed by atoms with Crippen molar-refractivity contribution in [3.05, 3.63) is 0 Å². The van der Waals surface area contributed by atoms with Gasteiger partial charge in [-0.15, -0.1) is 0 Å². The van der Waals surface area contributed by atoms with Gasteiger partial charge >= 0.3 is 0 Å². The van der Waals surface area contributed by atoms with Crippen molar-refractivity contribution in [1.82, 2.24) is 10.2 Å². The maximum absolute atomic E-state index is 10.5. The summed E-state index contributed by atoms with van der Waals surface area (Å²) >= 11 is 0. The molecule has 1 amide bonds. The Balaban J connectivity index is 2.16. The van der Waals surface area contributed by atoms with E-state index in [1.807, 2.05) is 7.05 Å². The van der Waals surface area contributed by atoms with Gasteiger partial charge in [0, 0.05) is 19.1 Å². The van der Waals surface area contributed by atoms with Crippen LogP contribution in [0.25, 0.3) is 0 Å². The highest BCUT2D eigenvalue weighted by molar-refractivity contribution is 5.78. The molecule has 1 saturated heterocycles. The van der Waals surface area contributed by atoms with Crippen LogP contribution in [0.15, 0.2) is 0 Å². The number of hydrogen-bond acceptors (Lipinski definition) is 4. The van der Waals surface area contributed by atoms with Crippen molar-refractivity contribution in [2.45, 2.75) is 18.6 Å². The number of carbonyl (C=O) groups excluding carboxylic acids is 1. The van der Waals surface area contributed by atoms with Crippen LogP contribution >= 0.6 is 0 Å². The Kier molecular flexibility index (Phi) is 3.65. The van der Waals surface area contributed by atoms with Crippen molar-refractivity contribution >= 4 is 5.91 Å². The quantitative estimate of drug-likeness (QED) is 0.481. The number of rotatable bonds is 4. The van der Waals surface area contributed by atoms with Gasteiger partial charge in [0.15, 0.2) is 0 Å². The summed E-state index contributed by atoms with van der Waals surface area (Å²) in [7, 11) is 2.05. The Morgan fingerprint density at radius 1 is 1.85 bits per heavy atom. The highest BCUT2D eigenvalue weighted by Crippen LogP contribution is 2.05. The van der Waals surface area contributed by atoms with Gasteiger partial charge in [0.2, 0.25) is 5.91 Å². The van der Waals surface area contributed by atoms with Crippen LogP contribution in [-0.4, -0.2) is 54.7 Å². The van der Waals surface area contributed by atoms with Crippen LogP contribution in [0.3, 0.4) is 0 Å². The molecule has 0 bridgehead atoms. The Bertz CT molecular complexity index is 186. The summed E-state index contributed by atoms with van der Waals surface area (Å²) in [5, 5.41) is 12.2. The molecular weight excluding hydrogens is 170 g/mol. The minimum Gasteiger partial charge on any atom is -0.382 e. The summed E-state index contributed by atoms with van der Waals surface area (Å²) in [6, 6.07) is 0.374. The first kappa shape index (κ1) is 10.4. The average molecular weight is 187 g/mol. The molecule has 1 heterocycles. The smallest absolute Gasteiger partial charge is 0.247 e. The van der Waals surface area contributed by atoms with Gasteiger partial charge in [0.25, 0.3) is 0 Å². The predicted octanol–water partition coefficient (Wildman–Crippen LogP) is -1.87. The number of hydrogen-bond donors (Lipinski definition) is 3. The molecule has 5 nitrogen and oxygen atoms in total. The van der Waals surface area contributed by atoms with Crippen LogP contribution in [0.1, 0.15) is 6.42 Å². The molecule has 0 aromatic rings. The summed E-state index contributed by atoms with van der Waals surface area (Å²) < 4.78 is 0. The van der Waals surface area contributed by atoms with E-state index in [0.717, 1.165) is 19.5 Å². The number of amides is 1. The third kappa shape index (κ3) is 3.30. The van der Waals surface area contributed by atoms with E-state index in [-0.39, 0.29) is 6.54 Å². The van der Waals surface area contributed by atoms with E-state index in [0.29, 0.717) is 6.04 Å². The Labute approximate surface area is 77.9 Å². The first-order valence-electron chi connectivity index (χ1n) is 4.49. The van der Waals surface area contributed by atoms with Gasteiger partial charge in [0.05, 0.1) is 0 Å². The lowest BCUT2D eigenvalue weighted by atomic mass is 10.2. The number of likely N-dealkylation sites (N-methyl/N-ethyl adjacent to an activating group) is 1. The van der Waals surface area contributed by atoms with Crippen molar-refractivity contribution in [1.29, 1.82) is 0 Å². The minimum absolute atomic E-state index is 0.258. The van der Waals surface area contributed by atoms with Crippen molar-refractivity contribution in [3.63, 3.8) is 0 Å². The molecule has 0 spiro atoms. The molecule has 5 heteroatoms. The third-order valence-corrected chi connectivity index (χ3v) is 2.32. The number of carbonyl (C=O) groups is 1. The zero-order chi connectivity index (χ0) is 9.84. The zero-order valence-electron chi connectivity index (χ0n) is 7.86. The summed E-state index contributed by atoms with van der Waals surface area (Å²) in [6.45, 7) is 2.28. The van der Waals surface area contributed by atoms with Crippen molar-refractivity contribution < 1.29 is 9.90 Å². The van der Waals surface area contributed by atoms with Crippen LogP contribution in [0.4, 0.5) is 0 Å². The van der Waals surface area contributed by atoms with E-state index in [1.54, 1.807) is 0 Å². The van der Waals surface area contributed by atoms with Gasteiger partial charge in [-0.2, -0.15) is 0 Å². The number of primary amides is 1. The van der Waals surface area contributed by atoms with Gasteiger partial charge < -0.3 is 21.1 Å². The maximum atomic E-state index is 10.5. The van der Waals surface area contributed by atoms with E-state index < -0.39 is 12.0 Å². The van der Waals surface area contributed by atoms with E-state index in [4.69, 9.17) is 10.8 Å². The molecule has 13 heavy (non-hydrogen) atoms. The molecule has 2 atom stereocenters. The molecule has 1 fully saturated rings. The third-order valence-electron chi connectivity index (χ3n) is 2.32. The SMILES string of the molecule is CN1CCC(NCC(O)C(N)=O)C1. The van der Waals surface area contributed by atoms with E-state index in [9.17, 15) is 4.79 Å². The minimum atomic E-state index is -1.06. The number of nitrogens with one attached hydrogen (secondary N) is 1. The molecule has 76 valence electrons. The monoisotopic (exact) mass is 187 g/mol. The van der Waals surface area contributed by atoms with Gasteiger partial charge in [-0.3, -0.25) is 4.79 Å². The molecule has 4 N–H and O–H groups in total. The van der Waals surface area contributed by atoms with E-state index in [2.05, 4.69) is 10.2 Å². The fourth-order valence-corrected chi connectivity index (χ4v) is 1.48. The lowest BCUT2D eigenvalue weighted by Gasteiger charge is -2.14. The second kappa shape index (κ2) is 4.55. The van der Waals surface area contributed by atoms with Crippen molar-refractivity contribution in [2.24, 2.45) is 5.73 Å². The second-order valence-electron chi connectivity index (χ2n) is 3.57. The first-order chi connectivity index (χ1) is 6.09. The molecule has 0 saturated carbocycles. The molecular formula is C8H17N3O2. The van der Waals surface area contributed by atoms with Gasteiger partial charge in [-0.05, 0) is 20.0 Å². The number of likely N-dealkylation sites (tertiary alicyclic amines) is 1. The average Bonchev–Trinajstić information content (AvgIpc) is 2.47. The Morgan fingerprint density at radius 2 is 2.54 bits per heavy atom. The highest BCUT2D eigenvalue weighted by Gasteiger charge is 2.20. The lowest BCUT2D eigenvalue weighted by Crippen LogP contribution is -2.42. The van der Waals surface area contributed by atoms with Gasteiger partial charge in [-0.1, -0.05) is 0 Å². The second-order valence-corrected chi connectivity index (χ2v) is 3.57. The molecule has 1 rings (SSSR count). The molecule has 0 aliphatic carbocycles. The summed E-state index contributed by atoms with van der Waals surface area (Å²) in [5.74, 6) is -0.668. The van der Waals surface area contributed by atoms with Crippen LogP contribution in [0.5, 0.6) is 0 Å². The fraction of sp³-hybridized carbons (Fsp3) is 0.875. The molecule has 2 unspecified atom stereocenters. The Morgan fingerprint density at radius 3 is 3.00 bits per heavy atom. The van der Waals surface area contributed by atoms with Crippen molar-refractivity contribution in [3.8, 4) is 0 Å². The first-order valence-corrected chi connectivity index (χ1v) is 4.49. The number of aliphatic hydroxyl groups excluding tert-OH is 1. The molecule has 0 aromatic heterocycles. The standard InChI is InChI=1S/C8H17N3O2/c1-11-3-2-6(5-11)10-4-7(12)8(9)13/h6-7,10,12H,2-5H2,1H3,(H2,9,13). The Hall–Kier alpha value is -0.650. The summed E-state index contributed by atoms with van der Waals surface area (Å²) in [5.41, 5.74) is 4.91. The fourth-order valence-electron chi connectivity index (χ4n) is 1.48. The van der Waals surface area contributed by atoms with E-state index >= 15 is 0 Å². The highest BCUT2D eigenvalue weighted by atomic mass is 16.3. The normalized spacial score (nSPS) is 26.2. The zero-order valence-corrected chi connectivity index (χ0v) is 7.86. The molecule has 1 aliphatic heterocycles. The van der Waals surface area contributed by atoms with E-state index in [1.165, 1.54) is 0 Å². The number of nitrogens with two attached hydrogens (primary N) is 1. The lowest BCUT2D eigenvalue weighted by molar-refractivity contribution is -0.125. The number of aliphatic hydroxyl groups is 1. The van der Waals surface area contributed by atoms with Crippen LogP contribution in [0, 0.1) is 0 Å². The van der Waals surface area contributed by atoms with Crippen molar-refractivity contribution in [2.75, 3.05) is 26.7 Å². The van der Waals surface area contributed by atoms with Crippen LogP contribution in [0.2, 0.25) is 0 Å². The van der Waals surface area contributed by atoms with Crippen LogP contribution in [-0.2, 0) is 4.79 Å². The maximum Gasteiger partial charge on any atom is 0.247 e. The largest absolute Gasteiger partial charge is 0.382 e. The summed E-state index contributed by atoms with van der Waals surface area (Å²) in [6.07, 6.45) is -0.00645. The van der Waals surface area contributed by atoms with Gasteiger partial charge in [0.1, 0.15) is 6.10 Å². The number of nitrogens with zero attached hydrogens (tertiary/aromatic N) is 1. The van der Waals surface area contributed by atoms with Crippen LogP contribution < -0.4 is 11.1 Å². The molecule has 1 aliphatic rings. The topological polar surface area (TPSA) is 78.6 Å².